The number of aryl methyl sites for hydroxylation is 2. The third kappa shape index (κ3) is 4.39. The minimum atomic E-state index is 0. The highest BCUT2D eigenvalue weighted by Gasteiger charge is 2.28. The van der Waals surface area contributed by atoms with Crippen LogP contribution in [0.3, 0.4) is 0 Å². The van der Waals surface area contributed by atoms with Crippen molar-refractivity contribution in [3.05, 3.63) is 66.6 Å². The van der Waals surface area contributed by atoms with E-state index in [9.17, 15) is 0 Å². The van der Waals surface area contributed by atoms with Gasteiger partial charge in [0.1, 0.15) is 5.75 Å². The van der Waals surface area contributed by atoms with Crippen molar-refractivity contribution in [3.8, 4) is 40.0 Å². The third-order valence-corrected chi connectivity index (χ3v) is 6.25. The van der Waals surface area contributed by atoms with E-state index in [1.54, 1.807) is 19.5 Å². The van der Waals surface area contributed by atoms with E-state index in [-0.39, 0.29) is 19.2 Å². The zero-order valence-electron chi connectivity index (χ0n) is 19.3. The normalized spacial score (nSPS) is 12.9. The number of fused-ring (bicyclic) bond motifs is 5. The van der Waals surface area contributed by atoms with E-state index < -0.39 is 0 Å². The Hall–Kier alpha value is -3.71. The molecule has 0 amide bonds. The lowest BCUT2D eigenvalue weighted by Gasteiger charge is -2.18. The first-order chi connectivity index (χ1) is 16.8. The van der Waals surface area contributed by atoms with Crippen molar-refractivity contribution in [1.82, 2.24) is 4.98 Å². The molecule has 0 fully saturated rings. The monoisotopic (exact) mass is 492 g/mol. The highest BCUT2D eigenvalue weighted by Crippen LogP contribution is 2.41. The van der Waals surface area contributed by atoms with Gasteiger partial charge in [0.2, 0.25) is 12.5 Å². The largest absolute Gasteiger partial charge is 1.00 e. The average Bonchev–Trinajstić information content (AvgIpc) is 3.34. The maximum absolute atomic E-state index is 6.23. The highest BCUT2D eigenvalue weighted by atomic mass is 35.5. The molecule has 0 N–H and O–H groups in total. The summed E-state index contributed by atoms with van der Waals surface area (Å²) in [5.41, 5.74) is 3.63. The number of hydrogen-bond donors (Lipinski definition) is 0. The number of nitrogens with zero attached hydrogens (tertiary/aromatic N) is 2. The van der Waals surface area contributed by atoms with Crippen molar-refractivity contribution >= 4 is 10.8 Å². The number of methoxy groups -OCH3 is 1. The molecule has 4 heterocycles. The summed E-state index contributed by atoms with van der Waals surface area (Å²) in [4.78, 5) is 4.00. The van der Waals surface area contributed by atoms with Crippen LogP contribution in [0, 0.1) is 0 Å². The number of pyridine rings is 2. The van der Waals surface area contributed by atoms with Crippen LogP contribution in [-0.2, 0) is 13.0 Å². The van der Waals surface area contributed by atoms with Crippen molar-refractivity contribution in [2.45, 2.75) is 19.4 Å². The van der Waals surface area contributed by atoms with Gasteiger partial charge in [0.15, 0.2) is 35.7 Å². The molecule has 180 valence electrons. The second-order valence-corrected chi connectivity index (χ2v) is 8.30. The highest BCUT2D eigenvalue weighted by molar-refractivity contribution is 5.91. The van der Waals surface area contributed by atoms with Gasteiger partial charge in [0.25, 0.3) is 0 Å². The molecule has 0 bridgehead atoms. The first-order valence-corrected chi connectivity index (χ1v) is 11.4. The van der Waals surface area contributed by atoms with E-state index in [2.05, 4.69) is 40.0 Å². The standard InChI is InChI=1S/C27H25N2O5.ClH/c1-30-24-4-3-18-13-23-21-15-26-25(33-17-34-26)14-19(21)7-10-29(23)16-22(18)27(24)32-12-2-11-31-20-5-8-28-9-6-20;/h3-6,8-9,13-16H,2,7,10-12,17H2,1H3;1H/q+1;/p-1. The summed E-state index contributed by atoms with van der Waals surface area (Å²) in [5, 5.41) is 2.13. The van der Waals surface area contributed by atoms with Crippen LogP contribution in [0.2, 0.25) is 0 Å². The number of benzene rings is 2. The molecule has 0 spiro atoms. The Morgan fingerprint density at radius 3 is 2.60 bits per heavy atom. The van der Waals surface area contributed by atoms with E-state index in [0.717, 1.165) is 64.6 Å². The van der Waals surface area contributed by atoms with Gasteiger partial charge >= 0.3 is 0 Å². The zero-order chi connectivity index (χ0) is 22.9. The van der Waals surface area contributed by atoms with Gasteiger partial charge in [-0.1, -0.05) is 0 Å². The van der Waals surface area contributed by atoms with E-state index in [1.165, 1.54) is 11.1 Å². The van der Waals surface area contributed by atoms with Crippen molar-refractivity contribution in [3.63, 3.8) is 0 Å². The lowest BCUT2D eigenvalue weighted by atomic mass is 9.95. The summed E-state index contributed by atoms with van der Waals surface area (Å²) in [6, 6.07) is 14.2. The molecule has 6 rings (SSSR count). The molecular weight excluding hydrogens is 468 g/mol. The molecule has 0 saturated heterocycles. The predicted octanol–water partition coefficient (Wildman–Crippen LogP) is 1.33. The minimum Gasteiger partial charge on any atom is -1.00 e. The summed E-state index contributed by atoms with van der Waals surface area (Å²) < 4.78 is 31.1. The number of halogens is 1. The molecule has 0 unspecified atom stereocenters. The van der Waals surface area contributed by atoms with Crippen LogP contribution in [0.15, 0.2) is 61.1 Å². The fourth-order valence-corrected chi connectivity index (χ4v) is 4.56. The van der Waals surface area contributed by atoms with Crippen molar-refractivity contribution in [2.75, 3.05) is 27.1 Å². The fraction of sp³-hybridized carbons (Fsp3) is 0.259. The Labute approximate surface area is 209 Å². The van der Waals surface area contributed by atoms with Gasteiger partial charge < -0.3 is 36.1 Å². The number of rotatable bonds is 7. The third-order valence-electron chi connectivity index (χ3n) is 6.25. The smallest absolute Gasteiger partial charge is 0.231 e. The molecule has 8 heteroatoms. The summed E-state index contributed by atoms with van der Waals surface area (Å²) >= 11 is 0. The first kappa shape index (κ1) is 23.1. The Bertz CT molecular complexity index is 1360. The van der Waals surface area contributed by atoms with E-state index in [0.29, 0.717) is 13.2 Å². The van der Waals surface area contributed by atoms with E-state index in [4.69, 9.17) is 23.7 Å². The molecule has 2 aromatic heterocycles. The van der Waals surface area contributed by atoms with Gasteiger partial charge in [-0.05, 0) is 47.3 Å². The molecule has 2 aliphatic rings. The topological polar surface area (TPSA) is 62.9 Å². The van der Waals surface area contributed by atoms with Gasteiger partial charge in [-0.3, -0.25) is 4.98 Å². The summed E-state index contributed by atoms with van der Waals surface area (Å²) in [6.45, 7) is 2.25. The lowest BCUT2D eigenvalue weighted by molar-refractivity contribution is -0.686. The maximum atomic E-state index is 6.23. The summed E-state index contributed by atoms with van der Waals surface area (Å²) in [5.74, 6) is 3.93. The van der Waals surface area contributed by atoms with Gasteiger partial charge in [0, 0.05) is 31.3 Å². The molecule has 0 saturated carbocycles. The molecule has 2 aromatic carbocycles. The fourth-order valence-electron chi connectivity index (χ4n) is 4.56. The second kappa shape index (κ2) is 9.88. The minimum absolute atomic E-state index is 0. The average molecular weight is 493 g/mol. The Kier molecular flexibility index (Phi) is 6.51. The van der Waals surface area contributed by atoms with Crippen LogP contribution in [0.5, 0.6) is 28.7 Å². The van der Waals surface area contributed by atoms with Crippen molar-refractivity contribution in [2.24, 2.45) is 0 Å². The van der Waals surface area contributed by atoms with Gasteiger partial charge in [-0.2, -0.15) is 4.57 Å². The summed E-state index contributed by atoms with van der Waals surface area (Å²) in [6.07, 6.45) is 7.29. The number of aromatic nitrogens is 2. The number of hydrogen-bond acceptors (Lipinski definition) is 6. The Morgan fingerprint density at radius 1 is 0.971 bits per heavy atom. The quantitative estimate of drug-likeness (QED) is 0.286. The second-order valence-electron chi connectivity index (χ2n) is 8.30. The van der Waals surface area contributed by atoms with Gasteiger partial charge in [-0.25, -0.2) is 0 Å². The van der Waals surface area contributed by atoms with E-state index >= 15 is 0 Å². The van der Waals surface area contributed by atoms with Crippen LogP contribution in [0.4, 0.5) is 0 Å². The van der Waals surface area contributed by atoms with Crippen LogP contribution in [-0.4, -0.2) is 32.1 Å². The number of ether oxygens (including phenoxy) is 5. The predicted molar refractivity (Wildman–Crippen MR) is 126 cm³/mol. The van der Waals surface area contributed by atoms with Gasteiger partial charge in [-0.15, -0.1) is 0 Å². The molecule has 35 heavy (non-hydrogen) atoms. The molecule has 0 radical (unpaired) electrons. The Morgan fingerprint density at radius 2 is 1.77 bits per heavy atom. The molecular formula is C27H25ClN2O5. The SMILES string of the molecule is COc1ccc2cc3[n+](cc2c1OCCCOc1ccncc1)CCc1cc2c(cc1-3)OCO2.[Cl-]. The van der Waals surface area contributed by atoms with Crippen molar-refractivity contribution in [1.29, 1.82) is 0 Å². The van der Waals surface area contributed by atoms with Crippen LogP contribution in [0.1, 0.15) is 12.0 Å². The van der Waals surface area contributed by atoms with Gasteiger partial charge in [0.05, 0.1) is 31.3 Å². The van der Waals surface area contributed by atoms with Crippen LogP contribution < -0.4 is 40.7 Å². The van der Waals surface area contributed by atoms with Crippen LogP contribution in [0.25, 0.3) is 22.0 Å². The molecule has 7 nitrogen and oxygen atoms in total. The molecule has 0 aliphatic carbocycles. The van der Waals surface area contributed by atoms with E-state index in [1.807, 2.05) is 18.2 Å². The zero-order valence-corrected chi connectivity index (χ0v) is 20.1. The molecule has 4 aromatic rings. The van der Waals surface area contributed by atoms with Crippen LogP contribution >= 0.6 is 0 Å². The molecule has 0 atom stereocenters. The lowest BCUT2D eigenvalue weighted by Crippen LogP contribution is -3.00. The van der Waals surface area contributed by atoms with Crippen molar-refractivity contribution < 1.29 is 40.7 Å². The maximum Gasteiger partial charge on any atom is 0.231 e. The summed E-state index contributed by atoms with van der Waals surface area (Å²) in [7, 11) is 1.67. The molecule has 2 aliphatic heterocycles. The Balaban J connectivity index is 0.00000253. The first-order valence-electron chi connectivity index (χ1n) is 11.4.